The number of anilines is 1. The molecular weight excluding hydrogens is 352 g/mol. The van der Waals surface area contributed by atoms with Gasteiger partial charge in [0.15, 0.2) is 0 Å². The lowest BCUT2D eigenvalue weighted by molar-refractivity contribution is -0.384. The van der Waals surface area contributed by atoms with Crippen LogP contribution in [-0.4, -0.2) is 35.3 Å². The standard InChI is InChI=1S/C16H13F2N3O5/c17-15(18)14-7-11(5-6-19-14)20-8-13(9-20)26-16(22)25-12-3-1-10(2-4-12)21(23)24/h1-7,13,15H,8-9H2. The number of hydrogen-bond acceptors (Lipinski definition) is 7. The predicted molar refractivity (Wildman–Crippen MR) is 85.4 cm³/mol. The predicted octanol–water partition coefficient (Wildman–Crippen LogP) is 3.33. The number of pyridine rings is 1. The Morgan fingerprint density at radius 2 is 1.96 bits per heavy atom. The molecule has 2 aromatic rings. The normalized spacial score (nSPS) is 14.0. The highest BCUT2D eigenvalue weighted by molar-refractivity contribution is 5.65. The maximum atomic E-state index is 12.7. The summed E-state index contributed by atoms with van der Waals surface area (Å²) in [6.07, 6.45) is -2.73. The number of carbonyl (C=O) groups is 1. The highest BCUT2D eigenvalue weighted by Gasteiger charge is 2.31. The second-order valence-electron chi connectivity index (χ2n) is 5.49. The number of non-ortho nitro benzene ring substituents is 1. The Morgan fingerprint density at radius 3 is 2.58 bits per heavy atom. The molecule has 0 bridgehead atoms. The molecule has 1 aliphatic heterocycles. The van der Waals surface area contributed by atoms with Gasteiger partial charge in [0.2, 0.25) is 0 Å². The zero-order valence-corrected chi connectivity index (χ0v) is 13.2. The highest BCUT2D eigenvalue weighted by Crippen LogP contribution is 2.26. The molecule has 1 aromatic carbocycles. The van der Waals surface area contributed by atoms with Crippen molar-refractivity contribution < 1.29 is 28.0 Å². The Bertz CT molecular complexity index is 810. The van der Waals surface area contributed by atoms with Crippen molar-refractivity contribution in [1.29, 1.82) is 0 Å². The lowest BCUT2D eigenvalue weighted by Gasteiger charge is -2.39. The van der Waals surface area contributed by atoms with Crippen LogP contribution in [0.4, 0.5) is 25.0 Å². The molecule has 0 aliphatic carbocycles. The molecule has 2 heterocycles. The average molecular weight is 365 g/mol. The van der Waals surface area contributed by atoms with Gasteiger partial charge in [0.05, 0.1) is 18.0 Å². The lowest BCUT2D eigenvalue weighted by atomic mass is 10.1. The van der Waals surface area contributed by atoms with Gasteiger partial charge in [0.25, 0.3) is 12.1 Å². The van der Waals surface area contributed by atoms with Crippen molar-refractivity contribution in [2.75, 3.05) is 18.0 Å². The maximum absolute atomic E-state index is 12.7. The van der Waals surface area contributed by atoms with Crippen LogP contribution >= 0.6 is 0 Å². The SMILES string of the molecule is O=C(Oc1ccc([N+](=O)[O-])cc1)OC1CN(c2ccnc(C(F)F)c2)C1. The molecule has 0 unspecified atom stereocenters. The zero-order valence-electron chi connectivity index (χ0n) is 13.2. The van der Waals surface area contributed by atoms with Crippen molar-refractivity contribution in [3.05, 3.63) is 58.4 Å². The summed E-state index contributed by atoms with van der Waals surface area (Å²) in [6, 6.07) is 7.87. The molecule has 1 fully saturated rings. The van der Waals surface area contributed by atoms with Gasteiger partial charge in [-0.3, -0.25) is 15.1 Å². The number of aromatic nitrogens is 1. The highest BCUT2D eigenvalue weighted by atomic mass is 19.3. The van der Waals surface area contributed by atoms with Gasteiger partial charge in [-0.25, -0.2) is 13.6 Å². The number of alkyl halides is 2. The zero-order chi connectivity index (χ0) is 18.7. The van der Waals surface area contributed by atoms with Gasteiger partial charge in [-0.05, 0) is 24.3 Å². The molecule has 1 aliphatic rings. The van der Waals surface area contributed by atoms with Crippen molar-refractivity contribution in [2.45, 2.75) is 12.5 Å². The van der Waals surface area contributed by atoms with Crippen LogP contribution in [0.25, 0.3) is 0 Å². The Balaban J connectivity index is 1.48. The summed E-state index contributed by atoms with van der Waals surface area (Å²) >= 11 is 0. The minimum atomic E-state index is -2.65. The van der Waals surface area contributed by atoms with E-state index >= 15 is 0 Å². The molecule has 26 heavy (non-hydrogen) atoms. The van der Waals surface area contributed by atoms with E-state index < -0.39 is 23.6 Å². The number of carbonyl (C=O) groups excluding carboxylic acids is 1. The number of benzene rings is 1. The van der Waals surface area contributed by atoms with Gasteiger partial charge < -0.3 is 14.4 Å². The summed E-state index contributed by atoms with van der Waals surface area (Å²) in [5.41, 5.74) is 0.129. The Hall–Kier alpha value is -3.30. The molecule has 0 spiro atoms. The van der Waals surface area contributed by atoms with E-state index in [4.69, 9.17) is 9.47 Å². The number of ether oxygens (including phenoxy) is 2. The van der Waals surface area contributed by atoms with Crippen LogP contribution in [0.1, 0.15) is 12.1 Å². The molecule has 0 saturated carbocycles. The van der Waals surface area contributed by atoms with Gasteiger partial charge in [-0.15, -0.1) is 0 Å². The molecule has 0 N–H and O–H groups in total. The van der Waals surface area contributed by atoms with E-state index in [0.717, 1.165) is 0 Å². The molecule has 0 radical (unpaired) electrons. The van der Waals surface area contributed by atoms with Crippen LogP contribution in [0.3, 0.4) is 0 Å². The van der Waals surface area contributed by atoms with Crippen LogP contribution in [0, 0.1) is 10.1 Å². The molecule has 136 valence electrons. The molecule has 0 atom stereocenters. The summed E-state index contributed by atoms with van der Waals surface area (Å²) in [7, 11) is 0. The third kappa shape index (κ3) is 4.02. The largest absolute Gasteiger partial charge is 0.514 e. The van der Waals surface area contributed by atoms with Crippen molar-refractivity contribution in [3.63, 3.8) is 0 Å². The minimum absolute atomic E-state index is 0.118. The van der Waals surface area contributed by atoms with E-state index in [1.165, 1.54) is 36.5 Å². The molecule has 1 saturated heterocycles. The van der Waals surface area contributed by atoms with Crippen molar-refractivity contribution in [3.8, 4) is 5.75 Å². The first-order valence-corrected chi connectivity index (χ1v) is 7.54. The molecular formula is C16H13F2N3O5. The average Bonchev–Trinajstić information content (AvgIpc) is 2.58. The Morgan fingerprint density at radius 1 is 1.27 bits per heavy atom. The van der Waals surface area contributed by atoms with Crippen molar-refractivity contribution in [1.82, 2.24) is 4.98 Å². The minimum Gasteiger partial charge on any atom is -0.427 e. The van der Waals surface area contributed by atoms with E-state index in [2.05, 4.69) is 4.98 Å². The first-order chi connectivity index (χ1) is 12.4. The fraction of sp³-hybridized carbons (Fsp3) is 0.250. The van der Waals surface area contributed by atoms with Crippen LogP contribution in [-0.2, 0) is 4.74 Å². The molecule has 10 heteroatoms. The first kappa shape index (κ1) is 17.5. The fourth-order valence-corrected chi connectivity index (χ4v) is 2.37. The van der Waals surface area contributed by atoms with E-state index in [1.54, 1.807) is 11.0 Å². The van der Waals surface area contributed by atoms with Gasteiger partial charge >= 0.3 is 6.16 Å². The second-order valence-corrected chi connectivity index (χ2v) is 5.49. The quantitative estimate of drug-likeness (QED) is 0.347. The summed E-state index contributed by atoms with van der Waals surface area (Å²) in [6.45, 7) is 0.671. The van der Waals surface area contributed by atoms with Crippen LogP contribution < -0.4 is 9.64 Å². The van der Waals surface area contributed by atoms with Crippen LogP contribution in [0.15, 0.2) is 42.6 Å². The molecule has 0 amide bonds. The van der Waals surface area contributed by atoms with Crippen LogP contribution in [0.5, 0.6) is 5.75 Å². The van der Waals surface area contributed by atoms with E-state index in [9.17, 15) is 23.7 Å². The maximum Gasteiger partial charge on any atom is 0.514 e. The number of halogens is 2. The number of hydrogen-bond donors (Lipinski definition) is 0. The van der Waals surface area contributed by atoms with E-state index in [0.29, 0.717) is 18.8 Å². The third-order valence-electron chi connectivity index (χ3n) is 3.71. The van der Waals surface area contributed by atoms with E-state index in [1.807, 2.05) is 0 Å². The lowest BCUT2D eigenvalue weighted by Crippen LogP contribution is -2.53. The summed E-state index contributed by atoms with van der Waals surface area (Å²) in [5, 5.41) is 10.6. The number of rotatable bonds is 5. The van der Waals surface area contributed by atoms with Gasteiger partial charge in [0.1, 0.15) is 17.5 Å². The van der Waals surface area contributed by atoms with Crippen molar-refractivity contribution in [2.24, 2.45) is 0 Å². The van der Waals surface area contributed by atoms with Crippen LogP contribution in [0.2, 0.25) is 0 Å². The molecule has 8 nitrogen and oxygen atoms in total. The van der Waals surface area contributed by atoms with Gasteiger partial charge in [-0.2, -0.15) is 0 Å². The molecule has 3 rings (SSSR count). The summed E-state index contributed by atoms with van der Waals surface area (Å²) in [4.78, 5) is 27.1. The third-order valence-corrected chi connectivity index (χ3v) is 3.71. The fourth-order valence-electron chi connectivity index (χ4n) is 2.37. The first-order valence-electron chi connectivity index (χ1n) is 7.54. The monoisotopic (exact) mass is 365 g/mol. The van der Waals surface area contributed by atoms with Gasteiger partial charge in [0, 0.05) is 24.0 Å². The smallest absolute Gasteiger partial charge is 0.427 e. The molecule has 1 aromatic heterocycles. The van der Waals surface area contributed by atoms with E-state index in [-0.39, 0.29) is 17.1 Å². The summed E-state index contributed by atoms with van der Waals surface area (Å²) in [5.74, 6) is 0.118. The number of nitro groups is 1. The number of nitrogens with zero attached hydrogens (tertiary/aromatic N) is 3. The topological polar surface area (TPSA) is 94.8 Å². The second kappa shape index (κ2) is 7.30. The van der Waals surface area contributed by atoms with Gasteiger partial charge in [-0.1, -0.05) is 0 Å². The number of nitro benzene ring substituents is 1. The summed E-state index contributed by atoms with van der Waals surface area (Å²) < 4.78 is 35.3. The Kier molecular flexibility index (Phi) is 4.92. The van der Waals surface area contributed by atoms with Crippen molar-refractivity contribution >= 4 is 17.5 Å². The Labute approximate surface area is 146 Å².